The molecule has 2 saturated heterocycles. The van der Waals surface area contributed by atoms with Crippen LogP contribution in [-0.4, -0.2) is 66.6 Å². The second-order valence-corrected chi connectivity index (χ2v) is 8.43. The largest absolute Gasteiger partial charge is 0.367 e. The molecule has 0 spiro atoms. The summed E-state index contributed by atoms with van der Waals surface area (Å²) in [6, 6.07) is 8.19. The fourth-order valence-corrected chi connectivity index (χ4v) is 4.93. The van der Waals surface area contributed by atoms with E-state index < -0.39 is 0 Å². The highest BCUT2D eigenvalue weighted by molar-refractivity contribution is 7.09. The van der Waals surface area contributed by atoms with Crippen LogP contribution in [-0.2, 0) is 0 Å². The maximum absolute atomic E-state index is 12.9. The van der Waals surface area contributed by atoms with Crippen molar-refractivity contribution in [1.29, 1.82) is 0 Å². The van der Waals surface area contributed by atoms with Crippen LogP contribution in [0.15, 0.2) is 35.8 Å². The second-order valence-electron chi connectivity index (χ2n) is 7.50. The first kappa shape index (κ1) is 19.2. The third-order valence-electron chi connectivity index (χ3n) is 5.89. The van der Waals surface area contributed by atoms with E-state index in [1.165, 1.54) is 5.01 Å². The number of likely N-dealkylation sites (tertiary alicyclic amines) is 1. The first-order valence-electron chi connectivity index (χ1n) is 10.3. The normalized spacial score (nSPS) is 19.0. The fraction of sp³-hybridized carbons (Fsp3) is 0.524. The molecule has 2 aliphatic rings. The van der Waals surface area contributed by atoms with Crippen molar-refractivity contribution in [2.45, 2.75) is 25.7 Å². The Balaban J connectivity index is 1.36. The highest BCUT2D eigenvalue weighted by atomic mass is 32.1. The van der Waals surface area contributed by atoms with Crippen LogP contribution in [0.4, 0.5) is 16.2 Å². The summed E-state index contributed by atoms with van der Waals surface area (Å²) in [5.41, 5.74) is 2.05. The Bertz CT molecular complexity index is 765. The molecule has 0 aliphatic carbocycles. The summed E-state index contributed by atoms with van der Waals surface area (Å²) < 4.78 is 0. The van der Waals surface area contributed by atoms with E-state index in [1.54, 1.807) is 11.3 Å². The lowest BCUT2D eigenvalue weighted by Crippen LogP contribution is -2.46. The van der Waals surface area contributed by atoms with Crippen LogP contribution in [0.5, 0.6) is 0 Å². The number of carbonyl (C=O) groups is 1. The lowest BCUT2D eigenvalue weighted by atomic mass is 9.98. The number of aromatic nitrogens is 1. The molecule has 0 unspecified atom stereocenters. The van der Waals surface area contributed by atoms with Crippen molar-refractivity contribution in [1.82, 2.24) is 14.8 Å². The zero-order valence-electron chi connectivity index (χ0n) is 16.5. The van der Waals surface area contributed by atoms with E-state index in [-0.39, 0.29) is 6.03 Å². The van der Waals surface area contributed by atoms with Crippen LogP contribution in [0.25, 0.3) is 0 Å². The number of nitrogens with one attached hydrogen (secondary N) is 1. The predicted molar refractivity (Wildman–Crippen MR) is 115 cm³/mol. The minimum Gasteiger partial charge on any atom is -0.367 e. The zero-order chi connectivity index (χ0) is 19.3. The molecule has 150 valence electrons. The van der Waals surface area contributed by atoms with Crippen molar-refractivity contribution >= 4 is 28.7 Å². The van der Waals surface area contributed by atoms with Gasteiger partial charge in [-0.25, -0.2) is 9.78 Å². The number of nitrogens with zero attached hydrogens (tertiary/aromatic N) is 4. The van der Waals surface area contributed by atoms with Crippen LogP contribution in [0.1, 0.15) is 30.7 Å². The summed E-state index contributed by atoms with van der Waals surface area (Å²) in [5, 5.41) is 6.41. The number of piperidine rings is 1. The molecule has 6 nitrogen and oxygen atoms in total. The highest BCUT2D eigenvalue weighted by Gasteiger charge is 2.26. The van der Waals surface area contributed by atoms with Crippen molar-refractivity contribution in [2.24, 2.45) is 0 Å². The van der Waals surface area contributed by atoms with Crippen LogP contribution in [0.2, 0.25) is 0 Å². The molecule has 4 rings (SSSR count). The Morgan fingerprint density at radius 1 is 1.14 bits per heavy atom. The van der Waals surface area contributed by atoms with Crippen molar-refractivity contribution in [3.05, 3.63) is 40.8 Å². The number of thiazole rings is 1. The van der Waals surface area contributed by atoms with Gasteiger partial charge in [0, 0.05) is 56.8 Å². The highest BCUT2D eigenvalue weighted by Crippen LogP contribution is 2.31. The number of piperazine rings is 1. The minimum atomic E-state index is 0.0113. The molecule has 1 aromatic carbocycles. The Hall–Kier alpha value is -2.12. The molecule has 0 atom stereocenters. The van der Waals surface area contributed by atoms with E-state index in [1.807, 2.05) is 28.6 Å². The maximum Gasteiger partial charge on any atom is 0.321 e. The maximum atomic E-state index is 12.9. The number of likely N-dealkylation sites (N-methyl/N-ethyl adjacent to an activating group) is 1. The standard InChI is InChI=1S/C21H29N5OS/c1-2-24-12-14-25(15-13-24)19-6-4-3-5-18(19)23-21(27)26-10-7-17(8-11-26)20-22-9-16-28-20/h3-6,9,16-17H,2,7-8,10-15H2,1H3,(H,23,27). The van der Waals surface area contributed by atoms with E-state index in [9.17, 15) is 4.79 Å². The first-order chi connectivity index (χ1) is 13.7. The molecule has 2 aromatic rings. The number of carbonyl (C=O) groups excluding carboxylic acids is 1. The van der Waals surface area contributed by atoms with E-state index in [2.05, 4.69) is 39.2 Å². The predicted octanol–water partition coefficient (Wildman–Crippen LogP) is 3.70. The summed E-state index contributed by atoms with van der Waals surface area (Å²) in [7, 11) is 0. The van der Waals surface area contributed by atoms with Crippen molar-refractivity contribution in [3.8, 4) is 0 Å². The molecule has 2 fully saturated rings. The Morgan fingerprint density at radius 2 is 1.89 bits per heavy atom. The summed E-state index contributed by atoms with van der Waals surface area (Å²) in [6.45, 7) is 9.03. The number of rotatable bonds is 4. The second kappa shape index (κ2) is 8.92. The monoisotopic (exact) mass is 399 g/mol. The molecule has 1 aromatic heterocycles. The molecule has 28 heavy (non-hydrogen) atoms. The molecule has 1 N–H and O–H groups in total. The number of anilines is 2. The first-order valence-corrected chi connectivity index (χ1v) is 11.1. The van der Waals surface area contributed by atoms with Gasteiger partial charge in [-0.15, -0.1) is 11.3 Å². The summed E-state index contributed by atoms with van der Waals surface area (Å²) >= 11 is 1.72. The number of hydrogen-bond acceptors (Lipinski definition) is 5. The van der Waals surface area contributed by atoms with Gasteiger partial charge >= 0.3 is 6.03 Å². The lowest BCUT2D eigenvalue weighted by molar-refractivity contribution is 0.194. The van der Waals surface area contributed by atoms with Gasteiger partial charge < -0.3 is 20.0 Å². The third kappa shape index (κ3) is 4.31. The van der Waals surface area contributed by atoms with Crippen LogP contribution >= 0.6 is 11.3 Å². The SMILES string of the molecule is CCN1CCN(c2ccccc2NC(=O)N2CCC(c3nccs3)CC2)CC1. The molecule has 7 heteroatoms. The summed E-state index contributed by atoms with van der Waals surface area (Å²) in [6.07, 6.45) is 3.85. The molecular formula is C21H29N5OS. The molecule has 0 bridgehead atoms. The van der Waals surface area contributed by atoms with Gasteiger partial charge in [0.15, 0.2) is 0 Å². The van der Waals surface area contributed by atoms with Crippen LogP contribution < -0.4 is 10.2 Å². The number of benzene rings is 1. The molecule has 2 aliphatic heterocycles. The fourth-order valence-electron chi connectivity index (χ4n) is 4.12. The number of amides is 2. The Morgan fingerprint density at radius 3 is 2.57 bits per heavy atom. The average Bonchev–Trinajstić information content (AvgIpc) is 3.29. The van der Waals surface area contributed by atoms with Gasteiger partial charge in [-0.2, -0.15) is 0 Å². The average molecular weight is 400 g/mol. The smallest absolute Gasteiger partial charge is 0.321 e. The van der Waals surface area contributed by atoms with Crippen molar-refractivity contribution < 1.29 is 4.79 Å². The molecular weight excluding hydrogens is 370 g/mol. The van der Waals surface area contributed by atoms with E-state index >= 15 is 0 Å². The van der Waals surface area contributed by atoms with Gasteiger partial charge in [-0.3, -0.25) is 0 Å². The topological polar surface area (TPSA) is 51.7 Å². The van der Waals surface area contributed by atoms with Gasteiger partial charge in [0.1, 0.15) is 0 Å². The summed E-state index contributed by atoms with van der Waals surface area (Å²) in [5.74, 6) is 0.492. The molecule has 0 saturated carbocycles. The minimum absolute atomic E-state index is 0.0113. The number of para-hydroxylation sites is 2. The van der Waals surface area contributed by atoms with Crippen molar-refractivity contribution in [3.63, 3.8) is 0 Å². The van der Waals surface area contributed by atoms with E-state index in [4.69, 9.17) is 0 Å². The lowest BCUT2D eigenvalue weighted by Gasteiger charge is -2.37. The van der Waals surface area contributed by atoms with E-state index in [0.717, 1.165) is 70.0 Å². The third-order valence-corrected chi connectivity index (χ3v) is 6.83. The van der Waals surface area contributed by atoms with Gasteiger partial charge in [0.05, 0.1) is 16.4 Å². The quantitative estimate of drug-likeness (QED) is 0.852. The number of urea groups is 1. The zero-order valence-corrected chi connectivity index (χ0v) is 17.3. The number of hydrogen-bond donors (Lipinski definition) is 1. The van der Waals surface area contributed by atoms with Gasteiger partial charge in [0.25, 0.3) is 0 Å². The van der Waals surface area contributed by atoms with Gasteiger partial charge in [0.2, 0.25) is 0 Å². The Labute approximate surface area is 171 Å². The molecule has 2 amide bonds. The van der Waals surface area contributed by atoms with Gasteiger partial charge in [-0.05, 0) is 31.5 Å². The van der Waals surface area contributed by atoms with Crippen molar-refractivity contribution in [2.75, 3.05) is 56.0 Å². The summed E-state index contributed by atoms with van der Waals surface area (Å²) in [4.78, 5) is 24.1. The Kier molecular flexibility index (Phi) is 6.12. The molecule has 3 heterocycles. The van der Waals surface area contributed by atoms with Crippen LogP contribution in [0.3, 0.4) is 0 Å². The molecule has 0 radical (unpaired) electrons. The van der Waals surface area contributed by atoms with E-state index in [0.29, 0.717) is 5.92 Å². The van der Waals surface area contributed by atoms with Crippen LogP contribution in [0, 0.1) is 0 Å². The van der Waals surface area contributed by atoms with Gasteiger partial charge in [-0.1, -0.05) is 19.1 Å².